The minimum atomic E-state index is -2.31. The molecule has 10 nitrogen and oxygen atoms in total. The summed E-state index contributed by atoms with van der Waals surface area (Å²) in [5, 5.41) is 1.41. The van der Waals surface area contributed by atoms with Gasteiger partial charge in [0.1, 0.15) is 60.8 Å². The Labute approximate surface area is 375 Å². The second-order valence-electron chi connectivity index (χ2n) is 20.9. The average molecular weight is 895 g/mol. The molecule has 14 heteroatoms. The number of benzene rings is 2. The molecule has 4 saturated heterocycles. The number of anilines is 1. The highest BCUT2D eigenvalue weighted by atomic mass is 28.3. The van der Waals surface area contributed by atoms with Crippen molar-refractivity contribution in [2.24, 2.45) is 0 Å². The van der Waals surface area contributed by atoms with Crippen molar-refractivity contribution in [1.82, 2.24) is 24.8 Å². The van der Waals surface area contributed by atoms with Crippen LogP contribution in [0.4, 0.5) is 23.8 Å². The summed E-state index contributed by atoms with van der Waals surface area (Å²) in [5.74, 6) is 2.61. The van der Waals surface area contributed by atoms with Crippen LogP contribution in [0.5, 0.6) is 11.9 Å². The van der Waals surface area contributed by atoms with Gasteiger partial charge < -0.3 is 19.1 Å². The Morgan fingerprint density at radius 2 is 1.75 bits per heavy atom. The van der Waals surface area contributed by atoms with Gasteiger partial charge in [0.2, 0.25) is 5.88 Å². The number of carbonyl (C=O) groups excluding carboxylic acids is 1. The van der Waals surface area contributed by atoms with Gasteiger partial charge in [0.05, 0.1) is 29.2 Å². The zero-order valence-corrected chi connectivity index (χ0v) is 39.8. The van der Waals surface area contributed by atoms with Gasteiger partial charge in [-0.1, -0.05) is 83.9 Å². The molecular weight excluding hydrogens is 834 g/mol. The fraction of sp³-hybridized carbons (Fsp3) is 0.560. The van der Waals surface area contributed by atoms with E-state index >= 15 is 8.78 Å². The maximum atomic E-state index is 18.0. The lowest BCUT2D eigenvalue weighted by molar-refractivity contribution is 0.000934. The smallest absolute Gasteiger partial charge is 0.410 e. The van der Waals surface area contributed by atoms with Crippen LogP contribution >= 0.6 is 0 Å². The minimum Gasteiger partial charge on any atom is -0.472 e. The largest absolute Gasteiger partial charge is 0.472 e. The number of piperazine rings is 1. The van der Waals surface area contributed by atoms with Crippen molar-refractivity contribution in [1.29, 1.82) is 0 Å². The third-order valence-electron chi connectivity index (χ3n) is 14.7. The number of alkyl halides is 1. The number of rotatable bonds is 7. The van der Waals surface area contributed by atoms with Gasteiger partial charge in [-0.05, 0) is 75.0 Å². The molecule has 4 fully saturated rings. The van der Waals surface area contributed by atoms with Crippen molar-refractivity contribution in [3.63, 3.8) is 0 Å². The Balaban J connectivity index is 1.23. The van der Waals surface area contributed by atoms with Crippen LogP contribution in [-0.2, 0) is 4.74 Å². The molecule has 2 bridgehead atoms. The molecule has 2 aromatic carbocycles. The first-order valence-corrected chi connectivity index (χ1v) is 25.3. The number of carbonyl (C=O) groups is 1. The van der Waals surface area contributed by atoms with Crippen LogP contribution in [0.25, 0.3) is 32.9 Å². The summed E-state index contributed by atoms with van der Waals surface area (Å²) in [6.45, 7) is 26.3. The van der Waals surface area contributed by atoms with E-state index in [0.717, 1.165) is 12.0 Å². The SMILES string of the molecule is C=C1CN2CC(F)CC2(COc2nc3c4c(nc(-c5cccc6ccc(F)c(C#C[Si](C(C)C)(C(C)C)C(C)C)c56)c(F)c4n2)O[C@@H](C)[C@@H]2[C@@H]4CC[C@H](CN32)N4C(=O)OC(C)(C)C)C1. The second-order valence-corrected chi connectivity index (χ2v) is 26.5. The Hall–Kier alpha value is -4.87. The van der Waals surface area contributed by atoms with Crippen molar-refractivity contribution in [2.45, 2.75) is 153 Å². The fourth-order valence-corrected chi connectivity index (χ4v) is 17.4. The third kappa shape index (κ3) is 7.20. The van der Waals surface area contributed by atoms with Gasteiger partial charge in [0.25, 0.3) is 0 Å². The molecule has 64 heavy (non-hydrogen) atoms. The monoisotopic (exact) mass is 894 g/mol. The standard InChI is InChI=1S/C50H61F3N6O4Si/c1-27(2)64(28(3)4,29(5)6)20-19-35-37(52)17-15-32-13-12-14-36(39(32)35)42-41(53)43-40-45(56-47(55-43)61-26-50-21-30(7)23-57(50)24-33(51)22-50)58-25-34-16-18-38(44(58)31(8)62-46(40)54-42)59(34)48(60)63-49(9,10)11/h12-15,17,27-29,31,33-34,38,44H,7,16,18,21-26H2,1-6,8-11H3/t31-,33?,34+,38-,44+,50?/m0/s1. The molecule has 1 amide bonds. The minimum absolute atomic E-state index is 0.0678. The van der Waals surface area contributed by atoms with E-state index in [-0.39, 0.29) is 65.7 Å². The molecule has 5 aliphatic rings. The van der Waals surface area contributed by atoms with Gasteiger partial charge in [-0.15, -0.1) is 5.54 Å². The van der Waals surface area contributed by atoms with Gasteiger partial charge in [0.15, 0.2) is 5.82 Å². The van der Waals surface area contributed by atoms with E-state index in [1.54, 1.807) is 18.2 Å². The van der Waals surface area contributed by atoms with E-state index in [2.05, 4.69) is 69.4 Å². The molecule has 2 aromatic heterocycles. The second kappa shape index (κ2) is 15.9. The summed E-state index contributed by atoms with van der Waals surface area (Å²) in [6, 6.07) is 7.51. The molecule has 7 heterocycles. The maximum Gasteiger partial charge on any atom is 0.410 e. The van der Waals surface area contributed by atoms with Crippen molar-refractivity contribution in [2.75, 3.05) is 31.1 Å². The molecule has 5 aliphatic heterocycles. The van der Waals surface area contributed by atoms with Crippen LogP contribution in [-0.4, -0.2) is 107 Å². The van der Waals surface area contributed by atoms with Crippen molar-refractivity contribution in [3.05, 3.63) is 59.7 Å². The van der Waals surface area contributed by atoms with Crippen LogP contribution in [0.1, 0.15) is 100 Å². The predicted molar refractivity (Wildman–Crippen MR) is 247 cm³/mol. The van der Waals surface area contributed by atoms with Gasteiger partial charge in [-0.25, -0.2) is 22.9 Å². The number of hydrogen-bond acceptors (Lipinski definition) is 9. The van der Waals surface area contributed by atoms with E-state index in [9.17, 15) is 9.18 Å². The molecule has 0 radical (unpaired) electrons. The first kappa shape index (κ1) is 44.3. The highest BCUT2D eigenvalue weighted by molar-refractivity contribution is 6.90. The number of halogens is 3. The quantitative estimate of drug-likeness (QED) is 0.102. The summed E-state index contributed by atoms with van der Waals surface area (Å²) in [7, 11) is -2.31. The first-order valence-electron chi connectivity index (χ1n) is 23.0. The van der Waals surface area contributed by atoms with E-state index in [1.165, 1.54) is 6.07 Å². The Morgan fingerprint density at radius 1 is 1.02 bits per heavy atom. The highest BCUT2D eigenvalue weighted by Gasteiger charge is 2.55. The number of ether oxygens (including phenoxy) is 3. The molecule has 0 aliphatic carbocycles. The predicted octanol–water partition coefficient (Wildman–Crippen LogP) is 10.6. The number of nitrogens with zero attached hydrogens (tertiary/aromatic N) is 6. The molecule has 0 spiro atoms. The highest BCUT2D eigenvalue weighted by Crippen LogP contribution is 2.49. The number of pyridine rings is 1. The van der Waals surface area contributed by atoms with Crippen molar-refractivity contribution < 1.29 is 32.2 Å². The Morgan fingerprint density at radius 3 is 2.45 bits per heavy atom. The van der Waals surface area contributed by atoms with Gasteiger partial charge in [-0.3, -0.25) is 9.80 Å². The summed E-state index contributed by atoms with van der Waals surface area (Å²) in [5.41, 5.74) is 4.70. The van der Waals surface area contributed by atoms with Gasteiger partial charge in [-0.2, -0.15) is 9.97 Å². The molecule has 0 N–H and O–H groups in total. The lowest BCUT2D eigenvalue weighted by Gasteiger charge is -2.48. The summed E-state index contributed by atoms with van der Waals surface area (Å²) in [4.78, 5) is 34.6. The molecule has 4 aromatic rings. The third-order valence-corrected chi connectivity index (χ3v) is 21.0. The number of hydrogen-bond donors (Lipinski definition) is 0. The van der Waals surface area contributed by atoms with E-state index < -0.39 is 55.3 Å². The maximum absolute atomic E-state index is 18.0. The number of fused-ring (bicyclic) bond motifs is 7. The van der Waals surface area contributed by atoms with Crippen LogP contribution in [0.3, 0.4) is 0 Å². The Bertz CT molecular complexity index is 2600. The normalized spacial score (nSPS) is 25.5. The molecule has 6 atom stereocenters. The van der Waals surface area contributed by atoms with Gasteiger partial charge >= 0.3 is 12.1 Å². The molecule has 2 unspecified atom stereocenters. The van der Waals surface area contributed by atoms with Crippen molar-refractivity contribution >= 4 is 41.7 Å². The van der Waals surface area contributed by atoms with Crippen LogP contribution in [0, 0.1) is 23.1 Å². The summed E-state index contributed by atoms with van der Waals surface area (Å²) in [6.07, 6.45) is 0.326. The fourth-order valence-electron chi connectivity index (χ4n) is 12.2. The summed E-state index contributed by atoms with van der Waals surface area (Å²) >= 11 is 0. The van der Waals surface area contributed by atoms with Gasteiger partial charge in [0, 0.05) is 37.0 Å². The molecule has 9 rings (SSSR count). The summed E-state index contributed by atoms with van der Waals surface area (Å²) < 4.78 is 68.5. The zero-order chi connectivity index (χ0) is 45.8. The lowest BCUT2D eigenvalue weighted by Crippen LogP contribution is -2.65. The molecule has 0 saturated carbocycles. The van der Waals surface area contributed by atoms with Crippen molar-refractivity contribution in [3.8, 4) is 34.6 Å². The topological polar surface area (TPSA) is 93.2 Å². The molecule has 340 valence electrons. The zero-order valence-electron chi connectivity index (χ0n) is 38.8. The Kier molecular flexibility index (Phi) is 11.0. The van der Waals surface area contributed by atoms with Crippen LogP contribution < -0.4 is 14.4 Å². The molecular formula is C50H61F3N6O4Si. The van der Waals surface area contributed by atoms with Crippen LogP contribution in [0.15, 0.2) is 42.5 Å². The van der Waals surface area contributed by atoms with E-state index in [1.807, 2.05) is 38.7 Å². The lowest BCUT2D eigenvalue weighted by atomic mass is 9.93. The first-order chi connectivity index (χ1) is 30.2. The van der Waals surface area contributed by atoms with E-state index in [0.29, 0.717) is 64.7 Å². The average Bonchev–Trinajstić information content (AvgIpc) is 3.77. The number of amides is 1. The number of aromatic nitrogens is 3. The van der Waals surface area contributed by atoms with Crippen LogP contribution in [0.2, 0.25) is 16.6 Å². The van der Waals surface area contributed by atoms with E-state index in [4.69, 9.17) is 29.2 Å².